The molecule has 14 heavy (non-hydrogen) atoms. The van der Waals surface area contributed by atoms with Crippen LogP contribution < -0.4 is 5.56 Å². The van der Waals surface area contributed by atoms with Crippen molar-refractivity contribution in [1.82, 2.24) is 4.98 Å². The number of nitrogens with one attached hydrogen (secondary N) is 1. The first kappa shape index (κ1) is 8.96. The normalized spacial score (nSPS) is 14.9. The second-order valence-electron chi connectivity index (χ2n) is 3.12. The number of rotatable bonds is 1. The molecule has 1 aliphatic heterocycles. The summed E-state index contributed by atoms with van der Waals surface area (Å²) >= 11 is 0. The van der Waals surface area contributed by atoms with Gasteiger partial charge < -0.3 is 14.8 Å². The van der Waals surface area contributed by atoms with Crippen molar-refractivity contribution < 1.29 is 14.6 Å². The van der Waals surface area contributed by atoms with Crippen molar-refractivity contribution in [2.24, 2.45) is 0 Å². The van der Waals surface area contributed by atoms with E-state index in [9.17, 15) is 9.59 Å². The molecule has 0 saturated carbocycles. The maximum atomic E-state index is 11.3. The number of pyridine rings is 1. The second-order valence-corrected chi connectivity index (χ2v) is 3.12. The summed E-state index contributed by atoms with van der Waals surface area (Å²) in [6, 6.07) is 1.38. The number of hydrogen-bond donors (Lipinski definition) is 2. The highest BCUT2D eigenvalue weighted by Crippen LogP contribution is 2.13. The van der Waals surface area contributed by atoms with Crippen LogP contribution >= 0.6 is 0 Å². The highest BCUT2D eigenvalue weighted by Gasteiger charge is 2.16. The molecule has 0 atom stereocenters. The Morgan fingerprint density at radius 3 is 3.07 bits per heavy atom. The fourth-order valence-corrected chi connectivity index (χ4v) is 1.48. The second kappa shape index (κ2) is 3.26. The van der Waals surface area contributed by atoms with Crippen molar-refractivity contribution in [3.63, 3.8) is 0 Å². The van der Waals surface area contributed by atoms with Crippen molar-refractivity contribution >= 4 is 5.97 Å². The van der Waals surface area contributed by atoms with E-state index in [-0.39, 0.29) is 5.56 Å². The molecule has 0 bridgehead atoms. The largest absolute Gasteiger partial charge is 0.477 e. The fourth-order valence-electron chi connectivity index (χ4n) is 1.48. The lowest BCUT2D eigenvalue weighted by Gasteiger charge is -2.15. The minimum absolute atomic E-state index is 0.228. The minimum atomic E-state index is -1.21. The lowest BCUT2D eigenvalue weighted by molar-refractivity contribution is 0.0693. The van der Waals surface area contributed by atoms with Gasteiger partial charge in [0.2, 0.25) is 0 Å². The number of carboxylic acids is 1. The van der Waals surface area contributed by atoms with Gasteiger partial charge in [0.05, 0.1) is 13.2 Å². The highest BCUT2D eigenvalue weighted by molar-refractivity contribution is 5.87. The van der Waals surface area contributed by atoms with E-state index in [1.807, 2.05) is 0 Å². The molecule has 0 fully saturated rings. The molecule has 0 spiro atoms. The van der Waals surface area contributed by atoms with Gasteiger partial charge >= 0.3 is 5.97 Å². The molecule has 0 unspecified atom stereocenters. The van der Waals surface area contributed by atoms with Crippen molar-refractivity contribution in [3.05, 3.63) is 33.2 Å². The summed E-state index contributed by atoms with van der Waals surface area (Å²) in [5.74, 6) is -1.21. The highest BCUT2D eigenvalue weighted by atomic mass is 16.5. The zero-order valence-electron chi connectivity index (χ0n) is 7.37. The van der Waals surface area contributed by atoms with E-state index in [0.717, 1.165) is 11.3 Å². The van der Waals surface area contributed by atoms with Gasteiger partial charge in [-0.15, -0.1) is 0 Å². The average Bonchev–Trinajstić information content (AvgIpc) is 2.16. The number of H-pyrrole nitrogens is 1. The standard InChI is InChI=1S/C9H9NO4/c11-8-6(9(12)13)3-5-4-14-2-1-7(5)10-8/h3H,1-2,4H2,(H,10,11)(H,12,13). The third kappa shape index (κ3) is 1.42. The van der Waals surface area contributed by atoms with E-state index in [2.05, 4.69) is 4.98 Å². The molecule has 0 amide bonds. The van der Waals surface area contributed by atoms with E-state index in [4.69, 9.17) is 9.84 Å². The Hall–Kier alpha value is -1.62. The Balaban J connectivity index is 2.56. The molecule has 2 rings (SSSR count). The Kier molecular flexibility index (Phi) is 2.09. The lowest BCUT2D eigenvalue weighted by Crippen LogP contribution is -2.23. The molecule has 5 heteroatoms. The molecular weight excluding hydrogens is 186 g/mol. The fraction of sp³-hybridized carbons (Fsp3) is 0.333. The molecular formula is C9H9NO4. The summed E-state index contributed by atoms with van der Waals surface area (Å²) in [5, 5.41) is 8.71. The first-order valence-electron chi connectivity index (χ1n) is 4.24. The first-order chi connectivity index (χ1) is 6.68. The minimum Gasteiger partial charge on any atom is -0.477 e. The molecule has 0 radical (unpaired) electrons. The van der Waals surface area contributed by atoms with Crippen molar-refractivity contribution in [2.75, 3.05) is 6.61 Å². The van der Waals surface area contributed by atoms with Crippen LogP contribution in [0.3, 0.4) is 0 Å². The summed E-state index contributed by atoms with van der Waals surface area (Å²) in [5.41, 5.74) is 0.770. The number of carbonyl (C=O) groups is 1. The predicted octanol–water partition coefficient (Wildman–Crippen LogP) is 0.146. The van der Waals surface area contributed by atoms with Crippen LogP contribution in [-0.4, -0.2) is 22.7 Å². The third-order valence-electron chi connectivity index (χ3n) is 2.20. The summed E-state index contributed by atoms with van der Waals surface area (Å²) in [7, 11) is 0. The number of carboxylic acid groups (broad SMARTS) is 1. The Labute approximate surface area is 79.3 Å². The van der Waals surface area contributed by atoms with Gasteiger partial charge in [-0.2, -0.15) is 0 Å². The average molecular weight is 195 g/mol. The number of hydrogen-bond acceptors (Lipinski definition) is 3. The summed E-state index contributed by atoms with van der Waals surface area (Å²) in [6.45, 7) is 0.932. The molecule has 1 aromatic heterocycles. The van der Waals surface area contributed by atoms with E-state index >= 15 is 0 Å². The number of ether oxygens (including phenoxy) is 1. The van der Waals surface area contributed by atoms with Crippen LogP contribution in [0, 0.1) is 0 Å². The van der Waals surface area contributed by atoms with Crippen molar-refractivity contribution in [3.8, 4) is 0 Å². The van der Waals surface area contributed by atoms with Crippen LogP contribution in [0.1, 0.15) is 21.6 Å². The number of aromatic amines is 1. The SMILES string of the molecule is O=C(O)c1cc2c([nH]c1=O)CCOC2. The van der Waals surface area contributed by atoms with Crippen LogP contribution in [0.5, 0.6) is 0 Å². The maximum Gasteiger partial charge on any atom is 0.341 e. The maximum absolute atomic E-state index is 11.3. The van der Waals surface area contributed by atoms with Gasteiger partial charge in [-0.3, -0.25) is 4.79 Å². The number of fused-ring (bicyclic) bond motifs is 1. The summed E-state index contributed by atoms with van der Waals surface area (Å²) in [4.78, 5) is 24.5. The Morgan fingerprint density at radius 2 is 2.36 bits per heavy atom. The molecule has 0 saturated heterocycles. The van der Waals surface area contributed by atoms with Gasteiger partial charge in [0.15, 0.2) is 0 Å². The van der Waals surface area contributed by atoms with E-state index in [1.165, 1.54) is 6.07 Å². The van der Waals surface area contributed by atoms with E-state index in [0.29, 0.717) is 19.6 Å². The zero-order chi connectivity index (χ0) is 10.1. The lowest BCUT2D eigenvalue weighted by atomic mass is 10.1. The topological polar surface area (TPSA) is 79.4 Å². The molecule has 74 valence electrons. The van der Waals surface area contributed by atoms with Crippen LogP contribution in [0.2, 0.25) is 0 Å². The van der Waals surface area contributed by atoms with E-state index in [1.54, 1.807) is 0 Å². The zero-order valence-corrected chi connectivity index (χ0v) is 7.37. The van der Waals surface area contributed by atoms with Crippen LogP contribution in [0.4, 0.5) is 0 Å². The quantitative estimate of drug-likeness (QED) is 0.668. The van der Waals surface area contributed by atoms with Gasteiger partial charge in [0.1, 0.15) is 5.56 Å². The smallest absolute Gasteiger partial charge is 0.341 e. The van der Waals surface area contributed by atoms with Gasteiger partial charge in [-0.05, 0) is 11.6 Å². The third-order valence-corrected chi connectivity index (χ3v) is 2.20. The summed E-state index contributed by atoms with van der Waals surface area (Å²) in [6.07, 6.45) is 0.629. The predicted molar refractivity (Wildman–Crippen MR) is 47.4 cm³/mol. The van der Waals surface area contributed by atoms with Crippen LogP contribution in [0.25, 0.3) is 0 Å². The molecule has 5 nitrogen and oxygen atoms in total. The molecule has 0 aromatic carbocycles. The summed E-state index contributed by atoms with van der Waals surface area (Å²) < 4.78 is 5.16. The Bertz CT molecular complexity index is 435. The van der Waals surface area contributed by atoms with Crippen molar-refractivity contribution in [1.29, 1.82) is 0 Å². The van der Waals surface area contributed by atoms with Gasteiger partial charge in [0, 0.05) is 12.1 Å². The monoisotopic (exact) mass is 195 g/mol. The van der Waals surface area contributed by atoms with Gasteiger partial charge in [-0.25, -0.2) is 4.79 Å². The van der Waals surface area contributed by atoms with E-state index < -0.39 is 11.5 Å². The first-order valence-corrected chi connectivity index (χ1v) is 4.24. The number of aromatic nitrogens is 1. The Morgan fingerprint density at radius 1 is 1.57 bits per heavy atom. The number of aromatic carboxylic acids is 1. The van der Waals surface area contributed by atoms with Crippen LogP contribution in [-0.2, 0) is 17.8 Å². The molecule has 2 heterocycles. The van der Waals surface area contributed by atoms with Gasteiger partial charge in [-0.1, -0.05) is 0 Å². The van der Waals surface area contributed by atoms with Crippen molar-refractivity contribution in [2.45, 2.75) is 13.0 Å². The molecule has 1 aliphatic rings. The molecule has 1 aromatic rings. The molecule has 2 N–H and O–H groups in total. The molecule has 0 aliphatic carbocycles. The van der Waals surface area contributed by atoms with Gasteiger partial charge in [0.25, 0.3) is 5.56 Å². The van der Waals surface area contributed by atoms with Crippen LogP contribution in [0.15, 0.2) is 10.9 Å².